The van der Waals surface area contributed by atoms with Gasteiger partial charge in [-0.15, -0.1) is 0 Å². The summed E-state index contributed by atoms with van der Waals surface area (Å²) >= 11 is 0. The molecule has 0 saturated carbocycles. The first-order chi connectivity index (χ1) is 21.9. The highest BCUT2D eigenvalue weighted by molar-refractivity contribution is 5.96. The van der Waals surface area contributed by atoms with Gasteiger partial charge >= 0.3 is 6.09 Å². The first-order valence-corrected chi connectivity index (χ1v) is 15.8. The fourth-order valence-electron chi connectivity index (χ4n) is 5.23. The van der Waals surface area contributed by atoms with E-state index in [0.29, 0.717) is 25.5 Å². The maximum absolute atomic E-state index is 13.4. The summed E-state index contributed by atoms with van der Waals surface area (Å²) in [5.74, 6) is 0.0597. The molecule has 2 aromatic heterocycles. The van der Waals surface area contributed by atoms with Crippen molar-refractivity contribution in [2.75, 3.05) is 39.2 Å². The van der Waals surface area contributed by atoms with Gasteiger partial charge in [-0.05, 0) is 73.3 Å². The minimum atomic E-state index is -1.01. The number of allylic oxidation sites excluding steroid dienone is 1. The van der Waals surface area contributed by atoms with E-state index in [1.165, 1.54) is 21.6 Å². The van der Waals surface area contributed by atoms with Gasteiger partial charge in [0.25, 0.3) is 5.56 Å². The Bertz CT molecular complexity index is 1600. The number of benzene rings is 1. The van der Waals surface area contributed by atoms with Gasteiger partial charge in [-0.25, -0.2) is 9.78 Å². The number of carbonyl (C=O) groups is 3. The van der Waals surface area contributed by atoms with Crippen LogP contribution in [0, 0.1) is 11.3 Å². The summed E-state index contributed by atoms with van der Waals surface area (Å²) in [5, 5.41) is 5.33. The summed E-state index contributed by atoms with van der Waals surface area (Å²) < 4.78 is 12.2. The lowest BCUT2D eigenvalue weighted by molar-refractivity contribution is -0.123. The maximum atomic E-state index is 13.4. The van der Waals surface area contributed by atoms with Crippen molar-refractivity contribution in [2.24, 2.45) is 11.3 Å². The van der Waals surface area contributed by atoms with E-state index in [2.05, 4.69) is 42.5 Å². The number of nitrogens with one attached hydrogen (secondary N) is 3. The molecule has 0 radical (unpaired) electrons. The lowest BCUT2D eigenvalue weighted by atomic mass is 9.88. The molecular weight excluding hydrogens is 588 g/mol. The Kier molecular flexibility index (Phi) is 11.8. The predicted octanol–water partition coefficient (Wildman–Crippen LogP) is 4.25. The third kappa shape index (κ3) is 10.0. The third-order valence-electron chi connectivity index (χ3n) is 7.70. The molecule has 1 atom stereocenters. The van der Waals surface area contributed by atoms with Crippen LogP contribution >= 0.6 is 0 Å². The molecule has 12 heteroatoms. The van der Waals surface area contributed by atoms with Crippen molar-refractivity contribution in [3.8, 4) is 0 Å². The number of ether oxygens (including phenoxy) is 2. The molecule has 0 spiro atoms. The van der Waals surface area contributed by atoms with Crippen LogP contribution in [0.1, 0.15) is 57.8 Å². The average molecular weight is 635 g/mol. The second-order valence-corrected chi connectivity index (χ2v) is 13.1. The monoisotopic (exact) mass is 634 g/mol. The minimum absolute atomic E-state index is 0.0673. The number of anilines is 1. The molecule has 3 aromatic rings. The smallest absolute Gasteiger partial charge is 0.407 e. The van der Waals surface area contributed by atoms with Crippen LogP contribution in [0.3, 0.4) is 0 Å². The number of para-hydroxylation sites is 1. The van der Waals surface area contributed by atoms with Crippen molar-refractivity contribution in [2.45, 2.75) is 65.5 Å². The first kappa shape index (κ1) is 34.4. The Labute approximate surface area is 269 Å². The van der Waals surface area contributed by atoms with Gasteiger partial charge in [-0.3, -0.25) is 14.4 Å². The Morgan fingerprint density at radius 3 is 2.65 bits per heavy atom. The fraction of sp³-hybridized carbons (Fsp3) is 0.500. The van der Waals surface area contributed by atoms with Gasteiger partial charge in [0, 0.05) is 33.5 Å². The van der Waals surface area contributed by atoms with E-state index < -0.39 is 23.6 Å². The number of imidazole rings is 1. The van der Waals surface area contributed by atoms with Crippen LogP contribution in [-0.4, -0.2) is 77.3 Å². The molecule has 3 amide bonds. The van der Waals surface area contributed by atoms with Crippen molar-refractivity contribution in [3.63, 3.8) is 0 Å². The average Bonchev–Trinajstić information content (AvgIpc) is 3.43. The van der Waals surface area contributed by atoms with Crippen LogP contribution in [-0.2, 0) is 32.0 Å². The number of likely N-dealkylation sites (N-methyl/N-ethyl adjacent to an activating group) is 1. The number of rotatable bonds is 12. The number of aromatic nitrogens is 3. The number of hydrogen-bond donors (Lipinski definition) is 3. The molecule has 1 fully saturated rings. The number of alkyl carbamates (subject to hydrolysis) is 1. The summed E-state index contributed by atoms with van der Waals surface area (Å²) in [7, 11) is 3.29. The number of nitrogens with zero attached hydrogens (tertiary/aromatic N) is 3. The number of fused-ring (bicyclic) bond motifs is 1. The zero-order chi connectivity index (χ0) is 33.3. The molecule has 0 aliphatic carbocycles. The van der Waals surface area contributed by atoms with Gasteiger partial charge in [0.2, 0.25) is 11.8 Å². The number of amides is 3. The highest BCUT2D eigenvalue weighted by Gasteiger charge is 2.24. The van der Waals surface area contributed by atoms with Gasteiger partial charge in [0.05, 0.1) is 24.2 Å². The van der Waals surface area contributed by atoms with Gasteiger partial charge in [0.15, 0.2) is 0 Å². The van der Waals surface area contributed by atoms with Crippen molar-refractivity contribution in [1.29, 1.82) is 0 Å². The lowest BCUT2D eigenvalue weighted by Crippen LogP contribution is -2.45. The molecule has 0 unspecified atom stereocenters. The Morgan fingerprint density at radius 1 is 1.17 bits per heavy atom. The number of aromatic amines is 1. The zero-order valence-corrected chi connectivity index (χ0v) is 27.4. The minimum Gasteiger partial charge on any atom is -0.449 e. The molecule has 248 valence electrons. The van der Waals surface area contributed by atoms with Gasteiger partial charge in [0.1, 0.15) is 17.6 Å². The van der Waals surface area contributed by atoms with Crippen LogP contribution in [0.25, 0.3) is 11.0 Å². The summed E-state index contributed by atoms with van der Waals surface area (Å²) in [6, 6.07) is 8.19. The van der Waals surface area contributed by atoms with Gasteiger partial charge < -0.3 is 34.6 Å². The van der Waals surface area contributed by atoms with Gasteiger partial charge in [-0.1, -0.05) is 39.0 Å². The van der Waals surface area contributed by atoms with E-state index in [9.17, 15) is 19.2 Å². The molecule has 0 bridgehead atoms. The molecule has 4 rings (SSSR count). The van der Waals surface area contributed by atoms with Crippen LogP contribution in [0.5, 0.6) is 0 Å². The Morgan fingerprint density at radius 2 is 1.93 bits per heavy atom. The zero-order valence-electron chi connectivity index (χ0n) is 27.4. The van der Waals surface area contributed by atoms with Crippen molar-refractivity contribution in [1.82, 2.24) is 24.8 Å². The SMILES string of the molecule is CN(C)C(=O)/C=C/CC[C@H](NC(=O)OCC1CCOCC1)C(=O)Nc1cccn(Cc2nc3cccc(CC(C)(C)C)c3[nH]2)c1=O. The normalized spacial score (nSPS) is 14.7. The Hall–Kier alpha value is -4.45. The topological polar surface area (TPSA) is 148 Å². The maximum Gasteiger partial charge on any atom is 0.407 e. The van der Waals surface area contributed by atoms with E-state index in [0.717, 1.165) is 35.9 Å². The van der Waals surface area contributed by atoms with E-state index in [1.54, 1.807) is 32.4 Å². The highest BCUT2D eigenvalue weighted by atomic mass is 16.5. The summed E-state index contributed by atoms with van der Waals surface area (Å²) in [5.41, 5.74) is 2.68. The summed E-state index contributed by atoms with van der Waals surface area (Å²) in [6.07, 6.45) is 6.96. The third-order valence-corrected chi connectivity index (χ3v) is 7.70. The summed E-state index contributed by atoms with van der Waals surface area (Å²) in [4.78, 5) is 61.0. The Balaban J connectivity index is 1.46. The number of carbonyl (C=O) groups excluding carboxylic acids is 3. The predicted molar refractivity (Wildman–Crippen MR) is 177 cm³/mol. The van der Waals surface area contributed by atoms with Crippen molar-refractivity contribution in [3.05, 3.63) is 70.4 Å². The van der Waals surface area contributed by atoms with Crippen LogP contribution in [0.4, 0.5) is 10.5 Å². The summed E-state index contributed by atoms with van der Waals surface area (Å²) in [6.45, 7) is 8.20. The molecule has 1 saturated heterocycles. The number of pyridine rings is 1. The largest absolute Gasteiger partial charge is 0.449 e. The molecular formula is C34H46N6O6. The van der Waals surface area contributed by atoms with E-state index in [4.69, 9.17) is 14.5 Å². The molecule has 3 heterocycles. The standard InChI is InChI=1S/C34H46N6O6/c1-34(2,3)20-24-10-8-12-25-30(24)38-28(35-25)21-40-17-9-13-27(32(40)43)36-31(42)26(11-6-7-14-29(41)39(4)5)37-33(44)46-22-23-15-18-45-19-16-23/h7-10,12-14,17,23,26H,6,11,15-16,18-22H2,1-5H3,(H,35,38)(H,36,42)(H,37,44)/b14-7+/t26-/m0/s1. The molecule has 12 nitrogen and oxygen atoms in total. The van der Waals surface area contributed by atoms with Crippen molar-refractivity contribution < 1.29 is 23.9 Å². The molecule has 1 aliphatic heterocycles. The number of H-pyrrole nitrogens is 1. The van der Waals surface area contributed by atoms with Gasteiger partial charge in [-0.2, -0.15) is 0 Å². The first-order valence-electron chi connectivity index (χ1n) is 15.8. The lowest BCUT2D eigenvalue weighted by Gasteiger charge is -2.22. The number of hydrogen-bond acceptors (Lipinski definition) is 7. The van der Waals surface area contributed by atoms with Crippen LogP contribution < -0.4 is 16.2 Å². The fourth-order valence-corrected chi connectivity index (χ4v) is 5.23. The molecule has 1 aliphatic rings. The molecule has 46 heavy (non-hydrogen) atoms. The van der Waals surface area contributed by atoms with E-state index >= 15 is 0 Å². The van der Waals surface area contributed by atoms with Crippen LogP contribution in [0.2, 0.25) is 0 Å². The second-order valence-electron chi connectivity index (χ2n) is 13.1. The van der Waals surface area contributed by atoms with Crippen LogP contribution in [0.15, 0.2) is 53.5 Å². The second kappa shape index (κ2) is 15.7. The quantitative estimate of drug-likeness (QED) is 0.253. The molecule has 1 aromatic carbocycles. The van der Waals surface area contributed by atoms with Crippen molar-refractivity contribution >= 4 is 34.6 Å². The molecule has 3 N–H and O–H groups in total. The highest BCUT2D eigenvalue weighted by Crippen LogP contribution is 2.25. The van der Waals surface area contributed by atoms with E-state index in [1.807, 2.05) is 12.1 Å². The van der Waals surface area contributed by atoms with E-state index in [-0.39, 0.29) is 42.5 Å².